The van der Waals surface area contributed by atoms with Crippen LogP contribution in [0, 0.1) is 0 Å². The van der Waals surface area contributed by atoms with Crippen molar-refractivity contribution in [1.29, 1.82) is 0 Å². The molecule has 0 aromatic heterocycles. The normalized spacial score (nSPS) is 50.7. The fraction of sp³-hybridized carbons (Fsp3) is 1.00. The Morgan fingerprint density at radius 1 is 0.307 bits per heavy atom. The lowest BCUT2D eigenvalue weighted by molar-refractivity contribution is -0.356. The minimum Gasteiger partial charge on any atom is -0.394 e. The third kappa shape index (κ3) is 14.2. The zero-order chi connectivity index (χ0) is 55.8. The fourth-order valence-corrected chi connectivity index (χ4v) is 10.2. The molecule has 6 aliphatic heterocycles. The summed E-state index contributed by atoms with van der Waals surface area (Å²) in [6, 6.07) is 0. The predicted octanol–water partition coefficient (Wildman–Crippen LogP) is -13.9. The van der Waals surface area contributed by atoms with E-state index < -0.39 is 240 Å². The van der Waals surface area contributed by atoms with Crippen LogP contribution in [0.5, 0.6) is 0 Å². The highest BCUT2D eigenvalue weighted by molar-refractivity contribution is 7.47. The van der Waals surface area contributed by atoms with Crippen molar-refractivity contribution in [1.82, 2.24) is 0 Å². The number of hydrogen-bond acceptors (Lipinski definition) is 35. The van der Waals surface area contributed by atoms with Crippen molar-refractivity contribution in [2.24, 2.45) is 0 Å². The Bertz CT molecular complexity index is 1880. The molecular weight excluding hydrogens is 1090 g/mol. The molecule has 6 heterocycles. The topological polar surface area (TPSA) is 599 Å². The number of aliphatic hydroxyl groups is 20. The zero-order valence-electron chi connectivity index (χ0n) is 38.4. The van der Waals surface area contributed by atoms with Crippen LogP contribution in [0.3, 0.4) is 0 Å². The molecule has 6 rings (SSSR count). The minimum absolute atomic E-state index is 0.875. The third-order valence-corrected chi connectivity index (χ3v) is 14.7. The SMILES string of the molecule is O=P(O)(OC[C@H]1O[C@@H](O[C@H]2[C@H](O)[C@H](O)[C@@H](OP(=O)(O)OC[C@H]3O[C@@H](O[C@H]4[C@H](O)[C@H](O)[C@@H](O)O[C@@H]4CO)[C@H](O)[C@@H](O)[C@H]3O)O[C@@H]2CO)[C@H](O)[C@@H](O)[C@H]1O)O[C@H]1O[C@H](CO)[C@@H](O[C@@H]2O[C@H](CO)[C@H](O)[C@H](O)[C@H]2O)[C@H](O)[C@@H]1O. The van der Waals surface area contributed by atoms with Crippen LogP contribution in [-0.4, -0.2) is 336 Å². The van der Waals surface area contributed by atoms with Crippen LogP contribution in [0.2, 0.25) is 0 Å². The second kappa shape index (κ2) is 26.3. The third-order valence-electron chi connectivity index (χ3n) is 12.8. The molecule has 39 heteroatoms. The van der Waals surface area contributed by atoms with Gasteiger partial charge in [-0.1, -0.05) is 0 Å². The summed E-state index contributed by atoms with van der Waals surface area (Å²) >= 11 is 0. The summed E-state index contributed by atoms with van der Waals surface area (Å²) in [5, 5.41) is 207. The minimum atomic E-state index is -5.56. The number of aliphatic hydroxyl groups excluding tert-OH is 20. The first-order chi connectivity index (χ1) is 35.1. The van der Waals surface area contributed by atoms with Crippen LogP contribution < -0.4 is 0 Å². The van der Waals surface area contributed by atoms with Gasteiger partial charge in [0.1, 0.15) is 146 Å². The van der Waals surface area contributed by atoms with Crippen LogP contribution >= 0.6 is 15.6 Å². The zero-order valence-corrected chi connectivity index (χ0v) is 40.2. The van der Waals surface area contributed by atoms with E-state index in [2.05, 4.69) is 0 Å². The maximum absolute atomic E-state index is 13.1. The van der Waals surface area contributed by atoms with Crippen molar-refractivity contribution >= 4 is 15.6 Å². The van der Waals surface area contributed by atoms with Crippen molar-refractivity contribution in [3.63, 3.8) is 0 Å². The number of phosphoric acid groups is 2. The highest BCUT2D eigenvalue weighted by atomic mass is 31.2. The summed E-state index contributed by atoms with van der Waals surface area (Å²) in [7, 11) is -11.1. The lowest BCUT2D eigenvalue weighted by atomic mass is 9.97. The van der Waals surface area contributed by atoms with Gasteiger partial charge >= 0.3 is 15.6 Å². The summed E-state index contributed by atoms with van der Waals surface area (Å²) in [6.07, 6.45) is -61.3. The number of ether oxygens (including phenoxy) is 9. The molecule has 0 amide bonds. The van der Waals surface area contributed by atoms with E-state index in [0.717, 1.165) is 0 Å². The van der Waals surface area contributed by atoms with Crippen LogP contribution in [0.1, 0.15) is 0 Å². The average molecular weight is 1150 g/mol. The number of hydrogen-bond donors (Lipinski definition) is 22. The van der Waals surface area contributed by atoms with Gasteiger partial charge in [-0.3, -0.25) is 18.1 Å². The molecule has 22 N–H and O–H groups in total. The van der Waals surface area contributed by atoms with E-state index in [9.17, 15) is 121 Å². The Hall–Kier alpha value is -0.940. The average Bonchev–Trinajstić information content (AvgIpc) is 3.37. The van der Waals surface area contributed by atoms with Gasteiger partial charge in [0.2, 0.25) is 0 Å². The molecule has 6 fully saturated rings. The van der Waals surface area contributed by atoms with Crippen LogP contribution in [0.15, 0.2) is 0 Å². The van der Waals surface area contributed by atoms with Crippen molar-refractivity contribution < 1.29 is 182 Å². The second-order valence-electron chi connectivity index (χ2n) is 17.9. The van der Waals surface area contributed by atoms with Crippen LogP contribution in [0.25, 0.3) is 0 Å². The molecule has 32 atom stereocenters. The molecule has 0 aliphatic carbocycles. The van der Waals surface area contributed by atoms with Crippen LogP contribution in [-0.2, 0) is 69.9 Å². The molecule has 6 aliphatic rings. The summed E-state index contributed by atoms with van der Waals surface area (Å²) in [5.74, 6) is 0. The van der Waals surface area contributed by atoms with Gasteiger partial charge < -0.3 is 155 Å². The van der Waals surface area contributed by atoms with Crippen molar-refractivity contribution in [2.45, 2.75) is 184 Å². The van der Waals surface area contributed by atoms with Crippen molar-refractivity contribution in [2.75, 3.05) is 39.6 Å². The first-order valence-corrected chi connectivity index (χ1v) is 25.6. The first kappa shape index (κ1) is 63.2. The van der Waals surface area contributed by atoms with Gasteiger partial charge in [-0.25, -0.2) is 9.13 Å². The summed E-state index contributed by atoms with van der Waals surface area (Å²) in [4.78, 5) is 21.1. The molecule has 75 heavy (non-hydrogen) atoms. The smallest absolute Gasteiger partial charge is 0.394 e. The predicted molar refractivity (Wildman–Crippen MR) is 221 cm³/mol. The maximum atomic E-state index is 13.1. The number of phosphoric ester groups is 2. The standard InChI is InChI=1S/C36H64O37P2/c37-1-7-13(41)16(44)23(51)32(64-7)70-29-9(3-39)65-35(26(54)20(29)48)72-75(59,60)62-6-12-15(43)18(46)25(53)34(68-12)71-30-10(4-40)66-36(27(55)21(30)49)73-74(57,58)61-5-11-14(42)17(45)24(52)33(67-11)69-28-8(2-38)63-31(56)22(50)19(28)47/h7-56H,1-6H2,(H,57,58)(H,59,60)/t7-,8-,9-,10-,11-,12-,13+,14+,15+,16+,17+,18+,19-,20-,21-,22+,23-,24-,25-,26+,27+,28-,29-,30-,31+,32+,33+,34+,35-,36-/m1/s1. The van der Waals surface area contributed by atoms with E-state index in [1.807, 2.05) is 0 Å². The first-order valence-electron chi connectivity index (χ1n) is 22.6. The lowest BCUT2D eigenvalue weighted by Crippen LogP contribution is -2.64. The maximum Gasteiger partial charge on any atom is 0.474 e. The van der Waals surface area contributed by atoms with Gasteiger partial charge in [0.05, 0.1) is 39.6 Å². The van der Waals surface area contributed by atoms with E-state index in [1.165, 1.54) is 0 Å². The fourth-order valence-electron chi connectivity index (χ4n) is 8.49. The van der Waals surface area contributed by atoms with E-state index in [4.69, 9.17) is 60.7 Å². The Balaban J connectivity index is 1.02. The molecular formula is C36H64O37P2. The molecule has 0 bridgehead atoms. The largest absolute Gasteiger partial charge is 0.474 e. The van der Waals surface area contributed by atoms with E-state index in [-0.39, 0.29) is 0 Å². The highest BCUT2D eigenvalue weighted by Crippen LogP contribution is 2.49. The summed E-state index contributed by atoms with van der Waals surface area (Å²) in [5.41, 5.74) is 0. The van der Waals surface area contributed by atoms with E-state index >= 15 is 0 Å². The Kier molecular flexibility index (Phi) is 22.2. The highest BCUT2D eigenvalue weighted by Gasteiger charge is 2.56. The van der Waals surface area contributed by atoms with Gasteiger partial charge in [0, 0.05) is 0 Å². The molecule has 37 nitrogen and oxygen atoms in total. The van der Waals surface area contributed by atoms with Crippen molar-refractivity contribution in [3.05, 3.63) is 0 Å². The van der Waals surface area contributed by atoms with Crippen LogP contribution in [0.4, 0.5) is 0 Å². The number of rotatable bonds is 20. The molecule has 440 valence electrons. The van der Waals surface area contributed by atoms with Crippen molar-refractivity contribution in [3.8, 4) is 0 Å². The van der Waals surface area contributed by atoms with Gasteiger partial charge in [-0.2, -0.15) is 0 Å². The molecule has 6 saturated heterocycles. The molecule has 2 unspecified atom stereocenters. The van der Waals surface area contributed by atoms with Gasteiger partial charge in [-0.15, -0.1) is 0 Å². The summed E-state index contributed by atoms with van der Waals surface area (Å²) < 4.78 is 93.2. The monoisotopic (exact) mass is 1150 g/mol. The second-order valence-corrected chi connectivity index (χ2v) is 20.7. The van der Waals surface area contributed by atoms with Gasteiger partial charge in [0.15, 0.2) is 37.7 Å². The molecule has 0 spiro atoms. The Morgan fingerprint density at radius 2 is 0.573 bits per heavy atom. The van der Waals surface area contributed by atoms with Gasteiger partial charge in [0.25, 0.3) is 0 Å². The Labute approximate surface area is 421 Å². The van der Waals surface area contributed by atoms with E-state index in [0.29, 0.717) is 0 Å². The summed E-state index contributed by atoms with van der Waals surface area (Å²) in [6.45, 7) is -6.53. The quantitative estimate of drug-likeness (QED) is 0.0503. The molecule has 0 aromatic carbocycles. The molecule has 0 saturated carbocycles. The molecule has 0 radical (unpaired) electrons. The van der Waals surface area contributed by atoms with Gasteiger partial charge in [-0.05, 0) is 0 Å². The molecule has 0 aromatic rings. The van der Waals surface area contributed by atoms with E-state index in [1.54, 1.807) is 0 Å². The lowest BCUT2D eigenvalue weighted by Gasteiger charge is -2.46. The Morgan fingerprint density at radius 3 is 0.907 bits per heavy atom.